The molecule has 0 bridgehead atoms. The van der Waals surface area contributed by atoms with Crippen LogP contribution in [0, 0.1) is 0 Å². The summed E-state index contributed by atoms with van der Waals surface area (Å²) in [4.78, 5) is 17.9. The topological polar surface area (TPSA) is 91.6 Å². The molecule has 0 radical (unpaired) electrons. The van der Waals surface area contributed by atoms with Crippen LogP contribution in [-0.4, -0.2) is 47.2 Å². The van der Waals surface area contributed by atoms with Crippen LogP contribution in [-0.2, 0) is 4.74 Å². The molecule has 1 amide bonds. The van der Waals surface area contributed by atoms with Crippen molar-refractivity contribution in [3.8, 4) is 0 Å². The lowest BCUT2D eigenvalue weighted by Gasteiger charge is -2.26. The zero-order chi connectivity index (χ0) is 17.6. The number of morpholine rings is 1. The molecule has 1 aliphatic rings. The predicted octanol–water partition coefficient (Wildman–Crippen LogP) is 2.51. The summed E-state index contributed by atoms with van der Waals surface area (Å²) in [5, 5.41) is 11.7. The van der Waals surface area contributed by atoms with Crippen LogP contribution in [0.15, 0.2) is 34.8 Å². The molecule has 0 saturated carbocycles. The van der Waals surface area contributed by atoms with E-state index < -0.39 is 6.23 Å². The number of H-pyrrole nitrogens is 1. The standard InChI is InChI=1S/C18H18BrN3O3/c19-11-8-13(17(20)23)16-12-7-10(1-2-14(12)21-15(16)9-11)18(24)22-3-5-25-6-4-22/h1-2,7-9,17,21,23H,3-6,20H2. The predicted molar refractivity (Wildman–Crippen MR) is 99.4 cm³/mol. The fourth-order valence-electron chi connectivity index (χ4n) is 3.35. The summed E-state index contributed by atoms with van der Waals surface area (Å²) >= 11 is 3.44. The number of nitrogens with one attached hydrogen (secondary N) is 1. The number of halogens is 1. The molecule has 0 spiro atoms. The van der Waals surface area contributed by atoms with Gasteiger partial charge in [-0.15, -0.1) is 0 Å². The van der Waals surface area contributed by atoms with Gasteiger partial charge in [0.05, 0.1) is 13.2 Å². The van der Waals surface area contributed by atoms with Gasteiger partial charge >= 0.3 is 0 Å². The smallest absolute Gasteiger partial charge is 0.254 e. The highest BCUT2D eigenvalue weighted by Crippen LogP contribution is 2.34. The molecule has 1 aliphatic heterocycles. The van der Waals surface area contributed by atoms with Crippen molar-refractivity contribution < 1.29 is 14.6 Å². The third kappa shape index (κ3) is 2.93. The van der Waals surface area contributed by atoms with Gasteiger partial charge in [0, 0.05) is 50.5 Å². The van der Waals surface area contributed by atoms with Crippen molar-refractivity contribution in [2.45, 2.75) is 6.23 Å². The molecule has 25 heavy (non-hydrogen) atoms. The van der Waals surface area contributed by atoms with Gasteiger partial charge in [-0.1, -0.05) is 15.9 Å². The molecule has 1 fully saturated rings. The highest BCUT2D eigenvalue weighted by atomic mass is 79.9. The quantitative estimate of drug-likeness (QED) is 0.573. The average Bonchev–Trinajstić information content (AvgIpc) is 2.98. The first kappa shape index (κ1) is 16.5. The lowest BCUT2D eigenvalue weighted by atomic mass is 10.0. The first-order valence-electron chi connectivity index (χ1n) is 8.10. The van der Waals surface area contributed by atoms with Gasteiger partial charge in [-0.05, 0) is 30.3 Å². The third-order valence-corrected chi connectivity index (χ3v) is 5.01. The Hall–Kier alpha value is -1.93. The number of fused-ring (bicyclic) bond motifs is 3. The Kier molecular flexibility index (Phi) is 4.24. The van der Waals surface area contributed by atoms with Gasteiger partial charge in [0.15, 0.2) is 0 Å². The highest BCUT2D eigenvalue weighted by Gasteiger charge is 2.20. The van der Waals surface area contributed by atoms with Crippen LogP contribution in [0.25, 0.3) is 21.8 Å². The summed E-state index contributed by atoms with van der Waals surface area (Å²) in [6.07, 6.45) is -1.10. The van der Waals surface area contributed by atoms with Crippen LogP contribution in [0.3, 0.4) is 0 Å². The molecule has 1 unspecified atom stereocenters. The van der Waals surface area contributed by atoms with E-state index in [1.807, 2.05) is 24.3 Å². The van der Waals surface area contributed by atoms with E-state index in [0.717, 1.165) is 26.3 Å². The van der Waals surface area contributed by atoms with Gasteiger partial charge in [0.2, 0.25) is 0 Å². The Morgan fingerprint density at radius 2 is 2.00 bits per heavy atom. The maximum atomic E-state index is 12.8. The molecule has 7 heteroatoms. The molecule has 1 saturated heterocycles. The Bertz CT molecular complexity index is 961. The molecular weight excluding hydrogens is 386 g/mol. The summed E-state index contributed by atoms with van der Waals surface area (Å²) in [5.74, 6) is -0.00786. The number of aliphatic hydroxyl groups is 1. The molecule has 1 aromatic heterocycles. The molecule has 4 N–H and O–H groups in total. The van der Waals surface area contributed by atoms with Crippen molar-refractivity contribution in [2.24, 2.45) is 5.73 Å². The van der Waals surface area contributed by atoms with Crippen LogP contribution < -0.4 is 5.73 Å². The number of nitrogens with two attached hydrogens (primary N) is 1. The lowest BCUT2D eigenvalue weighted by Crippen LogP contribution is -2.40. The van der Waals surface area contributed by atoms with Gasteiger partial charge in [0.1, 0.15) is 6.23 Å². The lowest BCUT2D eigenvalue weighted by molar-refractivity contribution is 0.0303. The summed E-state index contributed by atoms with van der Waals surface area (Å²) in [5.41, 5.74) is 8.74. The van der Waals surface area contributed by atoms with Crippen LogP contribution >= 0.6 is 15.9 Å². The molecule has 1 atom stereocenters. The zero-order valence-electron chi connectivity index (χ0n) is 13.5. The number of carbonyl (C=O) groups is 1. The van der Waals surface area contributed by atoms with Gasteiger partial charge in [-0.3, -0.25) is 4.79 Å². The van der Waals surface area contributed by atoms with E-state index in [1.165, 1.54) is 0 Å². The van der Waals surface area contributed by atoms with E-state index in [0.29, 0.717) is 37.4 Å². The first-order valence-corrected chi connectivity index (χ1v) is 8.89. The summed E-state index contributed by atoms with van der Waals surface area (Å²) < 4.78 is 6.14. The first-order chi connectivity index (χ1) is 12.0. The van der Waals surface area contributed by atoms with Gasteiger partial charge in [-0.25, -0.2) is 0 Å². The van der Waals surface area contributed by atoms with E-state index in [-0.39, 0.29) is 5.91 Å². The number of nitrogens with zero attached hydrogens (tertiary/aromatic N) is 1. The highest BCUT2D eigenvalue weighted by molar-refractivity contribution is 9.10. The fraction of sp³-hybridized carbons (Fsp3) is 0.278. The van der Waals surface area contributed by atoms with Crippen molar-refractivity contribution in [2.75, 3.05) is 26.3 Å². The second kappa shape index (κ2) is 6.42. The molecule has 130 valence electrons. The van der Waals surface area contributed by atoms with E-state index in [1.54, 1.807) is 11.0 Å². The average molecular weight is 404 g/mol. The fourth-order valence-corrected chi connectivity index (χ4v) is 3.82. The number of ether oxygens (including phenoxy) is 1. The number of aliphatic hydroxyl groups excluding tert-OH is 1. The normalized spacial score (nSPS) is 16.5. The number of benzene rings is 2. The second-order valence-corrected chi connectivity index (χ2v) is 7.07. The van der Waals surface area contributed by atoms with Crippen molar-refractivity contribution >= 4 is 43.6 Å². The van der Waals surface area contributed by atoms with Gasteiger partial charge < -0.3 is 25.5 Å². The van der Waals surface area contributed by atoms with Gasteiger partial charge in [0.25, 0.3) is 5.91 Å². The summed E-state index contributed by atoms with van der Waals surface area (Å²) in [6, 6.07) is 9.32. The summed E-state index contributed by atoms with van der Waals surface area (Å²) in [7, 11) is 0. The number of hydrogen-bond donors (Lipinski definition) is 3. The maximum absolute atomic E-state index is 12.8. The van der Waals surface area contributed by atoms with E-state index in [4.69, 9.17) is 10.5 Å². The molecule has 0 aliphatic carbocycles. The van der Waals surface area contributed by atoms with Crippen LogP contribution in [0.5, 0.6) is 0 Å². The van der Waals surface area contributed by atoms with Crippen LogP contribution in [0.1, 0.15) is 22.1 Å². The SMILES string of the molecule is NC(O)c1cc(Br)cc2[nH]c3ccc(C(=O)N4CCOCC4)cc3c12. The Balaban J connectivity index is 1.86. The largest absolute Gasteiger partial charge is 0.378 e. The van der Waals surface area contributed by atoms with Crippen molar-refractivity contribution in [3.05, 3.63) is 45.9 Å². The summed E-state index contributed by atoms with van der Waals surface area (Å²) in [6.45, 7) is 2.34. The van der Waals surface area contributed by atoms with E-state index in [9.17, 15) is 9.90 Å². The Morgan fingerprint density at radius 1 is 1.24 bits per heavy atom. The minimum Gasteiger partial charge on any atom is -0.378 e. The number of hydrogen-bond acceptors (Lipinski definition) is 4. The molecule has 3 aromatic rings. The van der Waals surface area contributed by atoms with Crippen molar-refractivity contribution in [1.29, 1.82) is 0 Å². The second-order valence-electron chi connectivity index (χ2n) is 6.15. The zero-order valence-corrected chi connectivity index (χ0v) is 15.0. The van der Waals surface area contributed by atoms with Gasteiger partial charge in [-0.2, -0.15) is 0 Å². The van der Waals surface area contributed by atoms with Crippen molar-refractivity contribution in [1.82, 2.24) is 9.88 Å². The number of aromatic nitrogens is 1. The van der Waals surface area contributed by atoms with Crippen molar-refractivity contribution in [3.63, 3.8) is 0 Å². The maximum Gasteiger partial charge on any atom is 0.254 e. The molecule has 2 aromatic carbocycles. The Morgan fingerprint density at radius 3 is 2.72 bits per heavy atom. The van der Waals surface area contributed by atoms with Crippen LogP contribution in [0.4, 0.5) is 0 Å². The molecular formula is C18H18BrN3O3. The van der Waals surface area contributed by atoms with E-state index in [2.05, 4.69) is 20.9 Å². The minimum atomic E-state index is -1.10. The molecule has 6 nitrogen and oxygen atoms in total. The van der Waals surface area contributed by atoms with Crippen LogP contribution in [0.2, 0.25) is 0 Å². The Labute approximate surface area is 152 Å². The number of carbonyl (C=O) groups excluding carboxylic acids is 1. The third-order valence-electron chi connectivity index (χ3n) is 4.56. The molecule has 2 heterocycles. The number of rotatable bonds is 2. The number of aromatic amines is 1. The molecule has 4 rings (SSSR count). The van der Waals surface area contributed by atoms with E-state index >= 15 is 0 Å². The minimum absolute atomic E-state index is 0.00786. The number of amides is 1. The monoisotopic (exact) mass is 403 g/mol.